The van der Waals surface area contributed by atoms with Crippen LogP contribution in [0.15, 0.2) is 47.4 Å². The smallest absolute Gasteiger partial charge is 0.254 e. The topological polar surface area (TPSA) is 77.1 Å². The van der Waals surface area contributed by atoms with Crippen LogP contribution in [0.2, 0.25) is 0 Å². The fourth-order valence-electron chi connectivity index (χ4n) is 2.15. The highest BCUT2D eigenvalue weighted by molar-refractivity contribution is 7.80. The number of thiocarbonyl (C=S) groups is 1. The molecule has 0 bridgehead atoms. The second kappa shape index (κ2) is 6.34. The Morgan fingerprint density at radius 2 is 1.83 bits per heavy atom. The van der Waals surface area contributed by atoms with Crippen LogP contribution < -0.4 is 16.6 Å². The third-order valence-electron chi connectivity index (χ3n) is 3.72. The number of carbonyl (C=O) groups excluding carboxylic acids is 1. The standard InChI is InChI=1S/C17H19N3O2S/c1-11-5-4-10-20(15(11)21)17(2,3)16(22)19-13-8-6-12(7-9-13)14(18)23/h4-10H,1-3H3,(H2,18,23)(H,19,22). The molecule has 5 nitrogen and oxygen atoms in total. The summed E-state index contributed by atoms with van der Waals surface area (Å²) in [5.74, 6) is -0.284. The molecule has 3 N–H and O–H groups in total. The summed E-state index contributed by atoms with van der Waals surface area (Å²) in [5.41, 5.74) is 6.28. The van der Waals surface area contributed by atoms with Crippen molar-refractivity contribution < 1.29 is 4.79 Å². The van der Waals surface area contributed by atoms with Gasteiger partial charge in [-0.05, 0) is 51.1 Å². The van der Waals surface area contributed by atoms with E-state index in [0.29, 0.717) is 16.2 Å². The molecule has 0 radical (unpaired) electrons. The average Bonchev–Trinajstić information content (AvgIpc) is 2.50. The molecule has 120 valence electrons. The minimum atomic E-state index is -1.02. The van der Waals surface area contributed by atoms with Gasteiger partial charge in [-0.3, -0.25) is 9.59 Å². The molecule has 23 heavy (non-hydrogen) atoms. The van der Waals surface area contributed by atoms with Crippen molar-refractivity contribution in [2.45, 2.75) is 26.3 Å². The van der Waals surface area contributed by atoms with Gasteiger partial charge in [0.2, 0.25) is 5.91 Å². The first-order chi connectivity index (χ1) is 10.7. The van der Waals surface area contributed by atoms with Gasteiger partial charge in [0.05, 0.1) is 0 Å². The number of carbonyl (C=O) groups is 1. The highest BCUT2D eigenvalue weighted by atomic mass is 32.1. The fraction of sp³-hybridized carbons (Fsp3) is 0.235. The highest BCUT2D eigenvalue weighted by Crippen LogP contribution is 2.17. The van der Waals surface area contributed by atoms with Crippen molar-refractivity contribution in [2.24, 2.45) is 5.73 Å². The molecule has 1 aromatic heterocycles. The monoisotopic (exact) mass is 329 g/mol. The van der Waals surface area contributed by atoms with Crippen LogP contribution in [0.25, 0.3) is 0 Å². The predicted octanol–water partition coefficient (Wildman–Crippen LogP) is 2.16. The number of rotatable bonds is 4. The molecule has 0 spiro atoms. The van der Waals surface area contributed by atoms with E-state index in [1.807, 2.05) is 0 Å². The summed E-state index contributed by atoms with van der Waals surface area (Å²) in [6.07, 6.45) is 1.62. The van der Waals surface area contributed by atoms with E-state index in [2.05, 4.69) is 5.32 Å². The number of amides is 1. The lowest BCUT2D eigenvalue weighted by Gasteiger charge is -2.26. The van der Waals surface area contributed by atoms with E-state index in [9.17, 15) is 9.59 Å². The van der Waals surface area contributed by atoms with Gasteiger partial charge in [0, 0.05) is 23.0 Å². The van der Waals surface area contributed by atoms with Crippen molar-refractivity contribution in [1.82, 2.24) is 4.57 Å². The van der Waals surface area contributed by atoms with Crippen LogP contribution in [0.3, 0.4) is 0 Å². The minimum absolute atomic E-state index is 0.184. The molecule has 0 aliphatic rings. The van der Waals surface area contributed by atoms with Crippen LogP contribution in [0.4, 0.5) is 5.69 Å². The zero-order valence-electron chi connectivity index (χ0n) is 13.3. The SMILES string of the molecule is Cc1cccn(C(C)(C)C(=O)Nc2ccc(C(N)=S)cc2)c1=O. The minimum Gasteiger partial charge on any atom is -0.389 e. The number of pyridine rings is 1. The molecule has 1 amide bonds. The first-order valence-electron chi connectivity index (χ1n) is 7.13. The van der Waals surface area contributed by atoms with E-state index in [0.717, 1.165) is 5.56 Å². The fourth-order valence-corrected chi connectivity index (χ4v) is 2.29. The largest absolute Gasteiger partial charge is 0.389 e. The van der Waals surface area contributed by atoms with E-state index in [1.165, 1.54) is 4.57 Å². The molecule has 2 aromatic rings. The molecular formula is C17H19N3O2S. The maximum Gasteiger partial charge on any atom is 0.254 e. The number of benzene rings is 1. The maximum absolute atomic E-state index is 12.6. The summed E-state index contributed by atoms with van der Waals surface area (Å²) in [6.45, 7) is 5.13. The van der Waals surface area contributed by atoms with Crippen molar-refractivity contribution in [1.29, 1.82) is 0 Å². The molecule has 1 aromatic carbocycles. The van der Waals surface area contributed by atoms with E-state index >= 15 is 0 Å². The normalized spacial score (nSPS) is 11.1. The van der Waals surface area contributed by atoms with E-state index < -0.39 is 5.54 Å². The number of hydrogen-bond acceptors (Lipinski definition) is 3. The molecule has 2 rings (SSSR count). The Kier molecular flexibility index (Phi) is 4.65. The third-order valence-corrected chi connectivity index (χ3v) is 3.96. The summed E-state index contributed by atoms with van der Waals surface area (Å²) >= 11 is 4.90. The predicted molar refractivity (Wildman–Crippen MR) is 95.7 cm³/mol. The molecular weight excluding hydrogens is 310 g/mol. The molecule has 0 aliphatic carbocycles. The number of anilines is 1. The summed E-state index contributed by atoms with van der Waals surface area (Å²) in [5, 5.41) is 2.81. The van der Waals surface area contributed by atoms with Crippen molar-refractivity contribution in [3.8, 4) is 0 Å². The Morgan fingerprint density at radius 1 is 1.22 bits per heavy atom. The number of aromatic nitrogens is 1. The first kappa shape index (κ1) is 16.9. The van der Waals surface area contributed by atoms with Crippen molar-refractivity contribution >= 4 is 28.8 Å². The van der Waals surface area contributed by atoms with Gasteiger partial charge in [-0.1, -0.05) is 18.3 Å². The second-order valence-corrected chi connectivity index (χ2v) is 6.26. The lowest BCUT2D eigenvalue weighted by atomic mass is 10.0. The van der Waals surface area contributed by atoms with E-state index in [4.69, 9.17) is 18.0 Å². The summed E-state index contributed by atoms with van der Waals surface area (Å²) in [4.78, 5) is 25.1. The van der Waals surface area contributed by atoms with Crippen LogP contribution in [-0.2, 0) is 10.3 Å². The number of aryl methyl sites for hydroxylation is 1. The van der Waals surface area contributed by atoms with Gasteiger partial charge in [-0.15, -0.1) is 0 Å². The Morgan fingerprint density at radius 3 is 2.39 bits per heavy atom. The van der Waals surface area contributed by atoms with Gasteiger partial charge in [0.15, 0.2) is 0 Å². The number of nitrogens with two attached hydrogens (primary N) is 1. The quantitative estimate of drug-likeness (QED) is 0.843. The van der Waals surface area contributed by atoms with Gasteiger partial charge >= 0.3 is 0 Å². The third kappa shape index (κ3) is 3.48. The first-order valence-corrected chi connectivity index (χ1v) is 7.54. The number of nitrogens with one attached hydrogen (secondary N) is 1. The van der Waals surface area contributed by atoms with Crippen LogP contribution in [0, 0.1) is 6.92 Å². The van der Waals surface area contributed by atoms with Crippen molar-refractivity contribution in [3.05, 3.63) is 64.1 Å². The molecule has 0 unspecified atom stereocenters. The Hall–Kier alpha value is -2.47. The van der Waals surface area contributed by atoms with Gasteiger partial charge in [0.25, 0.3) is 5.56 Å². The Bertz CT molecular complexity index is 807. The Labute approximate surface area is 140 Å². The van der Waals surface area contributed by atoms with E-state index in [-0.39, 0.29) is 11.5 Å². The second-order valence-electron chi connectivity index (χ2n) is 5.82. The number of nitrogens with zero attached hydrogens (tertiary/aromatic N) is 1. The van der Waals surface area contributed by atoms with Crippen LogP contribution in [-0.4, -0.2) is 15.5 Å². The molecule has 1 heterocycles. The zero-order chi connectivity index (χ0) is 17.2. The van der Waals surface area contributed by atoms with Gasteiger partial charge < -0.3 is 15.6 Å². The summed E-state index contributed by atoms with van der Waals surface area (Å²) in [6, 6.07) is 10.4. The lowest BCUT2D eigenvalue weighted by Crippen LogP contribution is -2.45. The number of hydrogen-bond donors (Lipinski definition) is 2. The molecule has 0 saturated carbocycles. The maximum atomic E-state index is 12.6. The van der Waals surface area contributed by atoms with Crippen molar-refractivity contribution in [3.63, 3.8) is 0 Å². The summed E-state index contributed by atoms with van der Waals surface area (Å²) in [7, 11) is 0. The van der Waals surface area contributed by atoms with E-state index in [1.54, 1.807) is 63.4 Å². The van der Waals surface area contributed by atoms with Gasteiger partial charge in [-0.25, -0.2) is 0 Å². The van der Waals surface area contributed by atoms with Crippen molar-refractivity contribution in [2.75, 3.05) is 5.32 Å². The van der Waals surface area contributed by atoms with Gasteiger partial charge in [0.1, 0.15) is 10.5 Å². The molecule has 0 aliphatic heterocycles. The van der Waals surface area contributed by atoms with Crippen LogP contribution >= 0.6 is 12.2 Å². The Balaban J connectivity index is 2.26. The molecule has 0 fully saturated rings. The highest BCUT2D eigenvalue weighted by Gasteiger charge is 2.30. The van der Waals surface area contributed by atoms with Gasteiger partial charge in [-0.2, -0.15) is 0 Å². The summed E-state index contributed by atoms with van der Waals surface area (Å²) < 4.78 is 1.43. The lowest BCUT2D eigenvalue weighted by molar-refractivity contribution is -0.123. The average molecular weight is 329 g/mol. The van der Waals surface area contributed by atoms with Crippen LogP contribution in [0.5, 0.6) is 0 Å². The molecule has 0 saturated heterocycles. The zero-order valence-corrected chi connectivity index (χ0v) is 14.1. The van der Waals surface area contributed by atoms with Crippen LogP contribution in [0.1, 0.15) is 25.0 Å². The molecule has 0 atom stereocenters. The molecule has 6 heteroatoms.